The predicted octanol–water partition coefficient (Wildman–Crippen LogP) is 6.22. The van der Waals surface area contributed by atoms with Crippen LogP contribution in [0.25, 0.3) is 0 Å². The summed E-state index contributed by atoms with van der Waals surface area (Å²) in [6.07, 6.45) is -2.50. The lowest BCUT2D eigenvalue weighted by atomic mass is 10.1. The third-order valence-electron chi connectivity index (χ3n) is 4.70. The Morgan fingerprint density at radius 1 is 0.950 bits per heavy atom. The second-order valence-electron chi connectivity index (χ2n) is 10.7. The zero-order valence-corrected chi connectivity index (χ0v) is 24.1. The standard InChI is InChI=1S/C27H34F3N3O6S/c1-25(2,3)38-23(35)19(33-24(36)39-26(4,5)6)10-12-40-13-11-21(34)20-15-32-22(16-31-20)37-18-9-7-8-17(14-18)27(28,29)30/h7-9,14-16,19H,10-13H2,1-6H3,(H,33,36)/t19-/m0/s1. The Labute approximate surface area is 235 Å². The normalized spacial score (nSPS) is 12.8. The number of amides is 1. The van der Waals surface area contributed by atoms with Crippen molar-refractivity contribution in [2.75, 3.05) is 11.5 Å². The number of alkyl halides is 3. The molecule has 13 heteroatoms. The Kier molecular flexibility index (Phi) is 11.4. The summed E-state index contributed by atoms with van der Waals surface area (Å²) in [5, 5.41) is 2.55. The molecule has 0 spiro atoms. The van der Waals surface area contributed by atoms with E-state index in [-0.39, 0.29) is 35.9 Å². The van der Waals surface area contributed by atoms with Crippen LogP contribution in [0.15, 0.2) is 36.7 Å². The fourth-order valence-electron chi connectivity index (χ4n) is 3.04. The van der Waals surface area contributed by atoms with Crippen LogP contribution in [0.4, 0.5) is 18.0 Å². The summed E-state index contributed by atoms with van der Waals surface area (Å²) in [6.45, 7) is 10.3. The maximum absolute atomic E-state index is 12.9. The second kappa shape index (κ2) is 13.8. The molecule has 0 fully saturated rings. The topological polar surface area (TPSA) is 117 Å². The van der Waals surface area contributed by atoms with E-state index in [4.69, 9.17) is 14.2 Å². The van der Waals surface area contributed by atoms with Crippen LogP contribution in [0.1, 0.15) is 70.4 Å². The highest BCUT2D eigenvalue weighted by Gasteiger charge is 2.31. The van der Waals surface area contributed by atoms with Crippen molar-refractivity contribution in [2.24, 2.45) is 0 Å². The highest BCUT2D eigenvalue weighted by atomic mass is 32.2. The molecule has 0 aliphatic heterocycles. The number of carbonyl (C=O) groups is 3. The molecule has 1 aromatic heterocycles. The van der Waals surface area contributed by atoms with Crippen LogP contribution < -0.4 is 10.1 Å². The van der Waals surface area contributed by atoms with Crippen molar-refractivity contribution in [3.63, 3.8) is 0 Å². The van der Waals surface area contributed by atoms with Crippen molar-refractivity contribution < 1.29 is 41.8 Å². The van der Waals surface area contributed by atoms with E-state index in [2.05, 4.69) is 15.3 Å². The highest BCUT2D eigenvalue weighted by molar-refractivity contribution is 7.99. The van der Waals surface area contributed by atoms with Gasteiger partial charge in [0.15, 0.2) is 5.78 Å². The maximum atomic E-state index is 12.9. The molecule has 0 unspecified atom stereocenters. The lowest BCUT2D eigenvalue weighted by molar-refractivity contribution is -0.157. The van der Waals surface area contributed by atoms with Crippen LogP contribution in [0.2, 0.25) is 0 Å². The maximum Gasteiger partial charge on any atom is 0.416 e. The van der Waals surface area contributed by atoms with Gasteiger partial charge in [-0.1, -0.05) is 6.07 Å². The molecule has 1 aromatic carbocycles. The number of Topliss-reactive ketones (excluding diaryl/α,β-unsaturated/α-hetero) is 1. The van der Waals surface area contributed by atoms with Crippen LogP contribution in [0.5, 0.6) is 11.6 Å². The molecular weight excluding hydrogens is 551 g/mol. The number of carbonyl (C=O) groups excluding carboxylic acids is 3. The van der Waals surface area contributed by atoms with Crippen molar-refractivity contribution in [3.05, 3.63) is 47.9 Å². The van der Waals surface area contributed by atoms with Crippen LogP contribution in [0.3, 0.4) is 0 Å². The van der Waals surface area contributed by atoms with E-state index < -0.39 is 41.0 Å². The number of ether oxygens (including phenoxy) is 3. The second-order valence-corrected chi connectivity index (χ2v) is 11.9. The van der Waals surface area contributed by atoms with Gasteiger partial charge in [0.05, 0.1) is 18.0 Å². The van der Waals surface area contributed by atoms with Crippen LogP contribution in [-0.2, 0) is 20.4 Å². The summed E-state index contributed by atoms with van der Waals surface area (Å²) in [6, 6.07) is 3.41. The average molecular weight is 586 g/mol. The van der Waals surface area contributed by atoms with Gasteiger partial charge in [0.25, 0.3) is 0 Å². The van der Waals surface area contributed by atoms with E-state index in [1.807, 2.05) is 0 Å². The lowest BCUT2D eigenvalue weighted by Crippen LogP contribution is -2.46. The Morgan fingerprint density at radius 3 is 2.20 bits per heavy atom. The van der Waals surface area contributed by atoms with Gasteiger partial charge in [-0.05, 0) is 71.9 Å². The molecule has 0 saturated carbocycles. The number of hydrogen-bond donors (Lipinski definition) is 1. The molecule has 0 aliphatic carbocycles. The van der Waals surface area contributed by atoms with Crippen molar-refractivity contribution in [1.82, 2.24) is 15.3 Å². The highest BCUT2D eigenvalue weighted by Crippen LogP contribution is 2.32. The van der Waals surface area contributed by atoms with Gasteiger partial charge in [0.2, 0.25) is 5.88 Å². The molecule has 9 nitrogen and oxygen atoms in total. The van der Waals surface area contributed by atoms with E-state index >= 15 is 0 Å². The molecule has 40 heavy (non-hydrogen) atoms. The molecule has 2 rings (SSSR count). The van der Waals surface area contributed by atoms with E-state index in [0.29, 0.717) is 11.5 Å². The fraction of sp³-hybridized carbons (Fsp3) is 0.519. The van der Waals surface area contributed by atoms with Gasteiger partial charge >= 0.3 is 18.2 Å². The Balaban J connectivity index is 1.85. The molecule has 0 aliphatic rings. The van der Waals surface area contributed by atoms with Gasteiger partial charge < -0.3 is 19.5 Å². The van der Waals surface area contributed by atoms with Gasteiger partial charge in [-0.3, -0.25) is 4.79 Å². The van der Waals surface area contributed by atoms with E-state index in [9.17, 15) is 27.6 Å². The SMILES string of the molecule is CC(C)(C)OC(=O)N[C@@H](CCSCCC(=O)c1cnc(Oc2cccc(C(F)(F)F)c2)cn1)C(=O)OC(C)(C)C. The van der Waals surface area contributed by atoms with Gasteiger partial charge in [-0.15, -0.1) is 0 Å². The lowest BCUT2D eigenvalue weighted by Gasteiger charge is -2.26. The molecule has 0 bridgehead atoms. The first kappa shape index (κ1) is 32.9. The molecule has 1 N–H and O–H groups in total. The Morgan fingerprint density at radius 2 is 1.62 bits per heavy atom. The Bertz CT molecular complexity index is 1160. The van der Waals surface area contributed by atoms with Gasteiger partial charge in [-0.25, -0.2) is 19.6 Å². The molecule has 1 atom stereocenters. The number of nitrogens with zero attached hydrogens (tertiary/aromatic N) is 2. The quantitative estimate of drug-likeness (QED) is 0.186. The zero-order valence-electron chi connectivity index (χ0n) is 23.3. The number of hydrogen-bond acceptors (Lipinski definition) is 9. The summed E-state index contributed by atoms with van der Waals surface area (Å²) in [7, 11) is 0. The number of halogens is 3. The molecular formula is C27H34F3N3O6S. The molecule has 2 aromatic rings. The van der Waals surface area contributed by atoms with E-state index in [0.717, 1.165) is 18.3 Å². The summed E-state index contributed by atoms with van der Waals surface area (Å²) < 4.78 is 54.6. The number of nitrogens with one attached hydrogen (secondary N) is 1. The first-order valence-electron chi connectivity index (χ1n) is 12.4. The average Bonchev–Trinajstić information content (AvgIpc) is 2.81. The molecule has 1 heterocycles. The fourth-order valence-corrected chi connectivity index (χ4v) is 3.97. The molecule has 220 valence electrons. The largest absolute Gasteiger partial charge is 0.458 e. The number of aromatic nitrogens is 2. The van der Waals surface area contributed by atoms with Crippen LogP contribution >= 0.6 is 11.8 Å². The summed E-state index contributed by atoms with van der Waals surface area (Å²) in [4.78, 5) is 45.2. The van der Waals surface area contributed by atoms with Crippen molar-refractivity contribution in [2.45, 2.75) is 77.8 Å². The monoisotopic (exact) mass is 585 g/mol. The number of rotatable bonds is 11. The minimum absolute atomic E-state index is 0.0593. The number of thioether (sulfide) groups is 1. The van der Waals surface area contributed by atoms with Gasteiger partial charge in [-0.2, -0.15) is 24.9 Å². The summed E-state index contributed by atoms with van der Waals surface area (Å²) in [5.41, 5.74) is -2.25. The minimum Gasteiger partial charge on any atom is -0.458 e. The third-order valence-corrected chi connectivity index (χ3v) is 5.72. The van der Waals surface area contributed by atoms with Crippen molar-refractivity contribution in [3.8, 4) is 11.6 Å². The predicted molar refractivity (Wildman–Crippen MR) is 143 cm³/mol. The number of esters is 1. The summed E-state index contributed by atoms with van der Waals surface area (Å²) >= 11 is 1.40. The third kappa shape index (κ3) is 12.2. The van der Waals surface area contributed by atoms with Gasteiger partial charge in [0.1, 0.15) is 28.7 Å². The van der Waals surface area contributed by atoms with E-state index in [1.54, 1.807) is 41.5 Å². The Hall–Kier alpha value is -3.35. The first-order valence-corrected chi connectivity index (χ1v) is 13.6. The summed E-state index contributed by atoms with van der Waals surface area (Å²) in [5.74, 6) is -0.140. The minimum atomic E-state index is -4.51. The molecule has 1 amide bonds. The number of ketones is 1. The number of alkyl carbamates (subject to hydrolysis) is 1. The zero-order chi connectivity index (χ0) is 30.1. The molecule has 0 saturated heterocycles. The first-order chi connectivity index (χ1) is 18.4. The molecule has 0 radical (unpaired) electrons. The van der Waals surface area contributed by atoms with Crippen molar-refractivity contribution in [1.29, 1.82) is 0 Å². The van der Waals surface area contributed by atoms with E-state index in [1.165, 1.54) is 30.1 Å². The van der Waals surface area contributed by atoms with Crippen molar-refractivity contribution >= 4 is 29.6 Å². The number of benzene rings is 1. The van der Waals surface area contributed by atoms with Crippen LogP contribution in [0, 0.1) is 0 Å². The van der Waals surface area contributed by atoms with Crippen LogP contribution in [-0.4, -0.2) is 56.6 Å². The smallest absolute Gasteiger partial charge is 0.416 e. The van der Waals surface area contributed by atoms with Gasteiger partial charge in [0, 0.05) is 12.2 Å².